The van der Waals surface area contributed by atoms with Gasteiger partial charge in [0, 0.05) is 18.1 Å². The maximum Gasteiger partial charge on any atom is 0.165 e. The van der Waals surface area contributed by atoms with Crippen LogP contribution >= 0.6 is 27.7 Å². The van der Waals surface area contributed by atoms with E-state index in [1.807, 2.05) is 24.4 Å². The van der Waals surface area contributed by atoms with Crippen LogP contribution in [0.3, 0.4) is 0 Å². The zero-order valence-electron chi connectivity index (χ0n) is 7.27. The van der Waals surface area contributed by atoms with Gasteiger partial charge in [0.1, 0.15) is 4.60 Å². The summed E-state index contributed by atoms with van der Waals surface area (Å²) in [6.45, 7) is 0. The number of hydrogen-bond acceptors (Lipinski definition) is 3. The third-order valence-electron chi connectivity index (χ3n) is 1.60. The predicted molar refractivity (Wildman–Crippen MR) is 60.1 cm³/mol. The van der Waals surface area contributed by atoms with E-state index in [0.29, 0.717) is 0 Å². The van der Waals surface area contributed by atoms with E-state index in [1.165, 1.54) is 0 Å². The second kappa shape index (κ2) is 4.61. The predicted octanol–water partition coefficient (Wildman–Crippen LogP) is 2.86. The number of aromatic nitrogens is 3. The summed E-state index contributed by atoms with van der Waals surface area (Å²) >= 11 is 4.98. The largest absolute Gasteiger partial charge is 0.340 e. The van der Waals surface area contributed by atoms with Gasteiger partial charge in [0.15, 0.2) is 5.16 Å². The number of halogens is 1. The summed E-state index contributed by atoms with van der Waals surface area (Å²) in [4.78, 5) is 11.5. The maximum atomic E-state index is 4.33. The minimum Gasteiger partial charge on any atom is -0.340 e. The van der Waals surface area contributed by atoms with Gasteiger partial charge in [-0.05, 0) is 28.1 Å². The number of imidazole rings is 1. The van der Waals surface area contributed by atoms with Crippen LogP contribution in [0.4, 0.5) is 0 Å². The van der Waals surface area contributed by atoms with Crippen LogP contribution in [0.2, 0.25) is 0 Å². The second-order valence-electron chi connectivity index (χ2n) is 2.63. The van der Waals surface area contributed by atoms with Gasteiger partial charge in [-0.1, -0.05) is 17.8 Å². The molecule has 0 aliphatic heterocycles. The Labute approximate surface area is 94.5 Å². The molecule has 2 heterocycles. The average molecular weight is 270 g/mol. The first-order chi connectivity index (χ1) is 6.84. The average Bonchev–Trinajstić information content (AvgIpc) is 2.67. The fourth-order valence-electron chi connectivity index (χ4n) is 1.00. The molecule has 0 fully saturated rings. The van der Waals surface area contributed by atoms with Gasteiger partial charge >= 0.3 is 0 Å². The number of H-pyrrole nitrogens is 1. The molecule has 5 heteroatoms. The van der Waals surface area contributed by atoms with E-state index >= 15 is 0 Å². The fraction of sp³-hybridized carbons (Fsp3) is 0.111. The number of pyridine rings is 1. The van der Waals surface area contributed by atoms with Crippen LogP contribution in [0.5, 0.6) is 0 Å². The quantitative estimate of drug-likeness (QED) is 0.688. The molecule has 0 radical (unpaired) electrons. The van der Waals surface area contributed by atoms with Gasteiger partial charge < -0.3 is 4.98 Å². The third-order valence-corrected chi connectivity index (χ3v) is 2.98. The Balaban J connectivity index is 1.98. The molecule has 14 heavy (non-hydrogen) atoms. The molecule has 2 aromatic rings. The SMILES string of the molecule is Brc1cccc(CSc2ncc[nH]2)n1. The number of nitrogens with zero attached hydrogens (tertiary/aromatic N) is 2. The summed E-state index contributed by atoms with van der Waals surface area (Å²) < 4.78 is 0.870. The summed E-state index contributed by atoms with van der Waals surface area (Å²) in [6, 6.07) is 5.90. The normalized spacial score (nSPS) is 10.4. The van der Waals surface area contributed by atoms with E-state index in [-0.39, 0.29) is 0 Å². The molecule has 2 rings (SSSR count). The lowest BCUT2D eigenvalue weighted by molar-refractivity contribution is 1.05. The molecule has 0 bridgehead atoms. The summed E-state index contributed by atoms with van der Waals surface area (Å²) in [7, 11) is 0. The Morgan fingerprint density at radius 2 is 2.36 bits per heavy atom. The highest BCUT2D eigenvalue weighted by Crippen LogP contribution is 2.18. The van der Waals surface area contributed by atoms with Crippen LogP contribution in [0, 0.1) is 0 Å². The number of thioether (sulfide) groups is 1. The standard InChI is InChI=1S/C9H8BrN3S/c10-8-3-1-2-7(13-8)6-14-9-11-4-5-12-9/h1-5H,6H2,(H,11,12). The molecule has 0 atom stereocenters. The molecule has 0 spiro atoms. The second-order valence-corrected chi connectivity index (χ2v) is 4.41. The molecule has 0 saturated carbocycles. The number of hydrogen-bond donors (Lipinski definition) is 1. The molecule has 0 aliphatic carbocycles. The van der Waals surface area contributed by atoms with Crippen LogP contribution in [0.15, 0.2) is 40.4 Å². The van der Waals surface area contributed by atoms with Crippen molar-refractivity contribution in [2.75, 3.05) is 0 Å². The summed E-state index contributed by atoms with van der Waals surface area (Å²) in [5.41, 5.74) is 1.04. The Hall–Kier alpha value is -0.810. The van der Waals surface area contributed by atoms with Gasteiger partial charge in [0.25, 0.3) is 0 Å². The van der Waals surface area contributed by atoms with Crippen LogP contribution in [0.1, 0.15) is 5.69 Å². The van der Waals surface area contributed by atoms with Crippen LogP contribution < -0.4 is 0 Å². The van der Waals surface area contributed by atoms with Crippen molar-refractivity contribution >= 4 is 27.7 Å². The van der Waals surface area contributed by atoms with Crippen molar-refractivity contribution in [3.05, 3.63) is 40.9 Å². The lowest BCUT2D eigenvalue weighted by Crippen LogP contribution is -1.87. The van der Waals surface area contributed by atoms with Crippen LogP contribution in [0.25, 0.3) is 0 Å². The topological polar surface area (TPSA) is 41.6 Å². The van der Waals surface area contributed by atoms with Gasteiger partial charge in [-0.15, -0.1) is 0 Å². The van der Waals surface area contributed by atoms with Crippen LogP contribution in [-0.4, -0.2) is 15.0 Å². The fourth-order valence-corrected chi connectivity index (χ4v) is 2.12. The van der Waals surface area contributed by atoms with E-state index in [4.69, 9.17) is 0 Å². The lowest BCUT2D eigenvalue weighted by Gasteiger charge is -1.98. The molecule has 0 unspecified atom stereocenters. The van der Waals surface area contributed by atoms with E-state index in [2.05, 4.69) is 30.9 Å². The molecule has 72 valence electrons. The zero-order chi connectivity index (χ0) is 9.80. The summed E-state index contributed by atoms with van der Waals surface area (Å²) in [6.07, 6.45) is 3.56. The molecule has 0 amide bonds. The molecule has 0 aliphatic rings. The molecular formula is C9H8BrN3S. The van der Waals surface area contributed by atoms with Crippen molar-refractivity contribution in [3.63, 3.8) is 0 Å². The monoisotopic (exact) mass is 269 g/mol. The third kappa shape index (κ3) is 2.59. The Morgan fingerprint density at radius 1 is 1.43 bits per heavy atom. The minimum absolute atomic E-state index is 0.826. The Morgan fingerprint density at radius 3 is 3.07 bits per heavy atom. The minimum atomic E-state index is 0.826. The van der Waals surface area contributed by atoms with Gasteiger partial charge in [-0.25, -0.2) is 9.97 Å². The Kier molecular flexibility index (Phi) is 3.21. The van der Waals surface area contributed by atoms with E-state index in [1.54, 1.807) is 18.0 Å². The number of aromatic amines is 1. The highest BCUT2D eigenvalue weighted by molar-refractivity contribution is 9.10. The number of nitrogens with one attached hydrogen (secondary N) is 1. The van der Waals surface area contributed by atoms with Gasteiger partial charge in [-0.2, -0.15) is 0 Å². The van der Waals surface area contributed by atoms with E-state index in [9.17, 15) is 0 Å². The molecule has 1 N–H and O–H groups in total. The zero-order valence-corrected chi connectivity index (χ0v) is 9.68. The van der Waals surface area contributed by atoms with Crippen molar-refractivity contribution < 1.29 is 0 Å². The van der Waals surface area contributed by atoms with Gasteiger partial charge in [0.05, 0.1) is 5.69 Å². The molecule has 3 nitrogen and oxygen atoms in total. The maximum absolute atomic E-state index is 4.33. The number of rotatable bonds is 3. The van der Waals surface area contributed by atoms with Gasteiger partial charge in [0.2, 0.25) is 0 Å². The first-order valence-electron chi connectivity index (χ1n) is 4.08. The van der Waals surface area contributed by atoms with Crippen molar-refractivity contribution in [2.45, 2.75) is 10.9 Å². The van der Waals surface area contributed by atoms with Crippen molar-refractivity contribution in [2.24, 2.45) is 0 Å². The summed E-state index contributed by atoms with van der Waals surface area (Å²) in [5.74, 6) is 0.826. The van der Waals surface area contributed by atoms with E-state index in [0.717, 1.165) is 21.2 Å². The first-order valence-corrected chi connectivity index (χ1v) is 5.86. The molecular weight excluding hydrogens is 262 g/mol. The van der Waals surface area contributed by atoms with Crippen LogP contribution in [-0.2, 0) is 5.75 Å². The van der Waals surface area contributed by atoms with E-state index < -0.39 is 0 Å². The molecule has 0 saturated heterocycles. The van der Waals surface area contributed by atoms with Crippen molar-refractivity contribution in [3.8, 4) is 0 Å². The Bertz CT molecular complexity index is 402. The lowest BCUT2D eigenvalue weighted by atomic mass is 10.4. The first kappa shape index (κ1) is 9.73. The highest BCUT2D eigenvalue weighted by Gasteiger charge is 1.99. The van der Waals surface area contributed by atoms with Crippen molar-refractivity contribution in [1.82, 2.24) is 15.0 Å². The smallest absolute Gasteiger partial charge is 0.165 e. The molecule has 0 aromatic carbocycles. The highest BCUT2D eigenvalue weighted by atomic mass is 79.9. The summed E-state index contributed by atoms with van der Waals surface area (Å²) in [5, 5.41) is 0.923. The van der Waals surface area contributed by atoms with Gasteiger partial charge in [-0.3, -0.25) is 0 Å². The molecule has 2 aromatic heterocycles. The van der Waals surface area contributed by atoms with Crippen molar-refractivity contribution in [1.29, 1.82) is 0 Å².